The van der Waals surface area contributed by atoms with Crippen molar-refractivity contribution in [1.29, 1.82) is 0 Å². The van der Waals surface area contributed by atoms with E-state index < -0.39 is 0 Å². The molecule has 1 saturated heterocycles. The normalized spacial score (nSPS) is 19.6. The van der Waals surface area contributed by atoms with Crippen LogP contribution in [-0.4, -0.2) is 35.6 Å². The number of methoxy groups -OCH3 is 1. The van der Waals surface area contributed by atoms with Gasteiger partial charge in [0, 0.05) is 42.4 Å². The van der Waals surface area contributed by atoms with Crippen LogP contribution in [0.1, 0.15) is 28.4 Å². The van der Waals surface area contributed by atoms with Crippen LogP contribution >= 0.6 is 0 Å². The summed E-state index contributed by atoms with van der Waals surface area (Å²) in [6.45, 7) is 1.77. The molecule has 5 rings (SSSR count). The van der Waals surface area contributed by atoms with Crippen LogP contribution in [0.5, 0.6) is 5.75 Å². The van der Waals surface area contributed by atoms with Crippen LogP contribution in [0.3, 0.4) is 0 Å². The number of benzene rings is 2. The second-order valence-electron chi connectivity index (χ2n) is 8.33. The van der Waals surface area contributed by atoms with E-state index in [1.807, 2.05) is 45.9 Å². The van der Waals surface area contributed by atoms with E-state index in [-0.39, 0.29) is 29.1 Å². The molecule has 0 aliphatic carbocycles. The number of ether oxygens (including phenoxy) is 1. The van der Waals surface area contributed by atoms with Gasteiger partial charge in [-0.15, -0.1) is 0 Å². The Morgan fingerprint density at radius 1 is 0.968 bits per heavy atom. The average molecular weight is 418 g/mol. The highest BCUT2D eigenvalue weighted by molar-refractivity contribution is 5.94. The first-order chi connectivity index (χ1) is 15.0. The van der Waals surface area contributed by atoms with E-state index in [1.54, 1.807) is 7.11 Å². The van der Waals surface area contributed by atoms with Crippen LogP contribution < -0.4 is 10.3 Å². The Morgan fingerprint density at radius 3 is 2.42 bits per heavy atom. The number of rotatable bonds is 3. The zero-order valence-electron chi connectivity index (χ0n) is 17.3. The van der Waals surface area contributed by atoms with Crippen molar-refractivity contribution < 1.29 is 13.9 Å². The van der Waals surface area contributed by atoms with E-state index in [0.29, 0.717) is 30.8 Å². The number of nitrogens with zero attached hydrogens (tertiary/aromatic N) is 2. The summed E-state index contributed by atoms with van der Waals surface area (Å²) in [6, 6.07) is 17.1. The summed E-state index contributed by atoms with van der Waals surface area (Å²) in [5.41, 5.74) is 3.02. The van der Waals surface area contributed by atoms with Crippen molar-refractivity contribution in [3.8, 4) is 16.9 Å². The molecule has 2 atom stereocenters. The van der Waals surface area contributed by atoms with Gasteiger partial charge in [0.05, 0.1) is 7.11 Å². The first kappa shape index (κ1) is 19.5. The molecule has 2 aromatic carbocycles. The summed E-state index contributed by atoms with van der Waals surface area (Å²) >= 11 is 0. The fourth-order valence-electron chi connectivity index (χ4n) is 4.88. The molecule has 0 saturated carbocycles. The lowest BCUT2D eigenvalue weighted by Gasteiger charge is -2.43. The lowest BCUT2D eigenvalue weighted by Crippen LogP contribution is -2.49. The fourth-order valence-corrected chi connectivity index (χ4v) is 4.88. The lowest BCUT2D eigenvalue weighted by molar-refractivity contribution is 0.0594. The quantitative estimate of drug-likeness (QED) is 0.648. The molecule has 1 fully saturated rings. The maximum absolute atomic E-state index is 13.3. The molecule has 2 aliphatic rings. The topological polar surface area (TPSA) is 51.5 Å². The van der Waals surface area contributed by atoms with Gasteiger partial charge in [-0.05, 0) is 66.4 Å². The second-order valence-corrected chi connectivity index (χ2v) is 8.33. The minimum atomic E-state index is -0.354. The van der Waals surface area contributed by atoms with Crippen molar-refractivity contribution in [3.63, 3.8) is 0 Å². The summed E-state index contributed by atoms with van der Waals surface area (Å²) < 4.78 is 20.3. The third-order valence-corrected chi connectivity index (χ3v) is 6.38. The van der Waals surface area contributed by atoms with Crippen LogP contribution in [0, 0.1) is 11.7 Å². The molecule has 0 spiro atoms. The molecule has 3 heterocycles. The summed E-state index contributed by atoms with van der Waals surface area (Å²) in [4.78, 5) is 28.1. The summed E-state index contributed by atoms with van der Waals surface area (Å²) in [5.74, 6) is 0.657. The molecule has 31 heavy (non-hydrogen) atoms. The molecule has 158 valence electrons. The summed E-state index contributed by atoms with van der Waals surface area (Å²) in [7, 11) is 1.62. The van der Waals surface area contributed by atoms with E-state index in [9.17, 15) is 14.0 Å². The zero-order valence-corrected chi connectivity index (χ0v) is 17.3. The van der Waals surface area contributed by atoms with Crippen LogP contribution in [0.15, 0.2) is 65.5 Å². The number of pyridine rings is 1. The van der Waals surface area contributed by atoms with Gasteiger partial charge in [-0.3, -0.25) is 9.59 Å². The molecular weight excluding hydrogens is 395 g/mol. The summed E-state index contributed by atoms with van der Waals surface area (Å²) in [6.07, 6.45) is 0.967. The smallest absolute Gasteiger partial charge is 0.258 e. The van der Waals surface area contributed by atoms with Crippen LogP contribution in [0.4, 0.5) is 4.39 Å². The van der Waals surface area contributed by atoms with Gasteiger partial charge in [0.15, 0.2) is 0 Å². The van der Waals surface area contributed by atoms with E-state index in [0.717, 1.165) is 23.4 Å². The van der Waals surface area contributed by atoms with E-state index in [1.165, 1.54) is 24.3 Å². The van der Waals surface area contributed by atoms with Crippen molar-refractivity contribution in [1.82, 2.24) is 9.47 Å². The highest BCUT2D eigenvalue weighted by atomic mass is 19.1. The van der Waals surface area contributed by atoms with Crippen molar-refractivity contribution in [2.45, 2.75) is 18.9 Å². The standard InChI is InChI=1S/C25H23FN2O3/c1-31-21-8-4-17(5-9-21)22-10-11-23-19-12-16(14-28(23)25(22)30)13-27(15-19)24(29)18-2-6-20(26)7-3-18/h2-11,16,19H,12-15H2,1H3/t16-,19+/m0/s1. The lowest BCUT2D eigenvalue weighted by atomic mass is 9.82. The van der Waals surface area contributed by atoms with Crippen molar-refractivity contribution in [2.75, 3.05) is 20.2 Å². The highest BCUT2D eigenvalue weighted by Gasteiger charge is 2.37. The van der Waals surface area contributed by atoms with Gasteiger partial charge in [0.2, 0.25) is 0 Å². The Kier molecular flexibility index (Phi) is 4.85. The van der Waals surface area contributed by atoms with Gasteiger partial charge in [0.1, 0.15) is 11.6 Å². The highest BCUT2D eigenvalue weighted by Crippen LogP contribution is 2.36. The maximum atomic E-state index is 13.3. The average Bonchev–Trinajstić information content (AvgIpc) is 2.80. The Balaban J connectivity index is 1.43. The largest absolute Gasteiger partial charge is 0.497 e. The van der Waals surface area contributed by atoms with E-state index in [4.69, 9.17) is 4.74 Å². The number of halogens is 1. The van der Waals surface area contributed by atoms with Gasteiger partial charge in [-0.2, -0.15) is 0 Å². The zero-order chi connectivity index (χ0) is 21.5. The number of hydrogen-bond donors (Lipinski definition) is 0. The molecule has 0 radical (unpaired) electrons. The van der Waals surface area contributed by atoms with Crippen molar-refractivity contribution in [3.05, 3.63) is 88.1 Å². The van der Waals surface area contributed by atoms with Crippen molar-refractivity contribution >= 4 is 5.91 Å². The number of fused-ring (bicyclic) bond motifs is 4. The number of amides is 1. The van der Waals surface area contributed by atoms with E-state index in [2.05, 4.69) is 0 Å². The maximum Gasteiger partial charge on any atom is 0.258 e. The Hall–Kier alpha value is -3.41. The third-order valence-electron chi connectivity index (χ3n) is 6.38. The SMILES string of the molecule is COc1ccc(-c2ccc3n(c2=O)C[C@H]2C[C@@H]3CN(C(=O)c3ccc(F)cc3)C2)cc1. The van der Waals surface area contributed by atoms with Crippen molar-refractivity contribution in [2.24, 2.45) is 5.92 Å². The van der Waals surface area contributed by atoms with Gasteiger partial charge < -0.3 is 14.2 Å². The molecule has 2 aliphatic heterocycles. The Bertz CT molecular complexity index is 1180. The molecule has 2 bridgehead atoms. The number of carbonyl (C=O) groups is 1. The third kappa shape index (κ3) is 3.52. The second kappa shape index (κ2) is 7.69. The first-order valence-corrected chi connectivity index (χ1v) is 10.5. The van der Waals surface area contributed by atoms with E-state index >= 15 is 0 Å². The van der Waals surface area contributed by atoms with Crippen LogP contribution in [-0.2, 0) is 6.54 Å². The number of carbonyl (C=O) groups excluding carboxylic acids is 1. The number of piperidine rings is 1. The predicted octanol–water partition coefficient (Wildman–Crippen LogP) is 3.92. The minimum Gasteiger partial charge on any atom is -0.497 e. The fraction of sp³-hybridized carbons (Fsp3) is 0.280. The summed E-state index contributed by atoms with van der Waals surface area (Å²) in [5, 5.41) is 0. The molecule has 5 nitrogen and oxygen atoms in total. The molecule has 6 heteroatoms. The van der Waals surface area contributed by atoms with Gasteiger partial charge >= 0.3 is 0 Å². The van der Waals surface area contributed by atoms with Gasteiger partial charge in [-0.25, -0.2) is 4.39 Å². The van der Waals surface area contributed by atoms with Gasteiger partial charge in [-0.1, -0.05) is 12.1 Å². The van der Waals surface area contributed by atoms with Gasteiger partial charge in [0.25, 0.3) is 11.5 Å². The Morgan fingerprint density at radius 2 is 1.71 bits per heavy atom. The predicted molar refractivity (Wildman–Crippen MR) is 116 cm³/mol. The van der Waals surface area contributed by atoms with Crippen LogP contribution in [0.2, 0.25) is 0 Å². The first-order valence-electron chi connectivity index (χ1n) is 10.5. The molecule has 1 amide bonds. The monoisotopic (exact) mass is 418 g/mol. The number of hydrogen-bond acceptors (Lipinski definition) is 3. The molecule has 1 aromatic heterocycles. The minimum absolute atomic E-state index is 0.00989. The number of likely N-dealkylation sites (tertiary alicyclic amines) is 1. The Labute approximate surface area is 179 Å². The number of aromatic nitrogens is 1. The molecular formula is C25H23FN2O3. The molecule has 3 aromatic rings. The molecule has 0 unspecified atom stereocenters. The molecule has 0 N–H and O–H groups in total. The van der Waals surface area contributed by atoms with Crippen LogP contribution in [0.25, 0.3) is 11.1 Å².